The van der Waals surface area contributed by atoms with Gasteiger partial charge in [0.2, 0.25) is 0 Å². The first-order valence-corrected chi connectivity index (χ1v) is 4.96. The zero-order chi connectivity index (χ0) is 9.42. The van der Waals surface area contributed by atoms with Crippen LogP contribution >= 0.6 is 0 Å². The molecule has 1 aromatic rings. The fourth-order valence-electron chi connectivity index (χ4n) is 1.77. The van der Waals surface area contributed by atoms with Crippen molar-refractivity contribution < 1.29 is 0 Å². The fraction of sp³-hybridized carbons (Fsp3) is 0.700. The summed E-state index contributed by atoms with van der Waals surface area (Å²) >= 11 is 0. The molecular weight excluding hydrogens is 162 g/mol. The van der Waals surface area contributed by atoms with Gasteiger partial charge in [0.25, 0.3) is 0 Å². The third-order valence-corrected chi connectivity index (χ3v) is 2.48. The second-order valence-corrected chi connectivity index (χ2v) is 4.10. The molecule has 0 spiro atoms. The first-order chi connectivity index (χ1) is 6.18. The summed E-state index contributed by atoms with van der Waals surface area (Å²) in [6.07, 6.45) is 5.46. The Hall–Kier alpha value is -0.830. The van der Waals surface area contributed by atoms with Gasteiger partial charge in [-0.3, -0.25) is 0 Å². The summed E-state index contributed by atoms with van der Waals surface area (Å²) < 4.78 is 2.35. The minimum atomic E-state index is 0.208. The van der Waals surface area contributed by atoms with Crippen LogP contribution in [0.5, 0.6) is 0 Å². The maximum atomic E-state index is 5.77. The van der Waals surface area contributed by atoms with Gasteiger partial charge in [0.15, 0.2) is 0 Å². The highest BCUT2D eigenvalue weighted by Crippen LogP contribution is 2.36. The smallest absolute Gasteiger partial charge is 0.110 e. The van der Waals surface area contributed by atoms with Gasteiger partial charge in [0.1, 0.15) is 5.82 Å². The Kier molecular flexibility index (Phi) is 2.12. The maximum absolute atomic E-state index is 5.77. The van der Waals surface area contributed by atoms with Gasteiger partial charge < -0.3 is 10.3 Å². The van der Waals surface area contributed by atoms with Crippen molar-refractivity contribution in [3.8, 4) is 0 Å². The monoisotopic (exact) mass is 179 g/mol. The molecule has 0 saturated heterocycles. The lowest BCUT2D eigenvalue weighted by Gasteiger charge is -2.09. The van der Waals surface area contributed by atoms with Gasteiger partial charge in [-0.25, -0.2) is 4.98 Å². The number of aryl methyl sites for hydroxylation is 1. The topological polar surface area (TPSA) is 43.8 Å². The van der Waals surface area contributed by atoms with Gasteiger partial charge in [-0.1, -0.05) is 0 Å². The van der Waals surface area contributed by atoms with Crippen LogP contribution in [0.2, 0.25) is 0 Å². The summed E-state index contributed by atoms with van der Waals surface area (Å²) in [5, 5.41) is 0. The number of nitrogens with zero attached hydrogens (tertiary/aromatic N) is 2. The molecule has 13 heavy (non-hydrogen) atoms. The Balaban J connectivity index is 2.23. The number of nitrogens with two attached hydrogens (primary N) is 1. The molecule has 0 aromatic carbocycles. The molecule has 72 valence electrons. The number of hydrogen-bond acceptors (Lipinski definition) is 2. The number of rotatable bonds is 3. The van der Waals surface area contributed by atoms with Crippen LogP contribution in [0.15, 0.2) is 6.20 Å². The highest BCUT2D eigenvalue weighted by molar-refractivity contribution is 5.09. The highest BCUT2D eigenvalue weighted by atomic mass is 15.1. The Morgan fingerprint density at radius 2 is 2.38 bits per heavy atom. The third kappa shape index (κ3) is 1.75. The van der Waals surface area contributed by atoms with E-state index in [2.05, 4.69) is 16.5 Å². The predicted octanol–water partition coefficient (Wildman–Crippen LogP) is 1.42. The van der Waals surface area contributed by atoms with E-state index in [1.54, 1.807) is 0 Å². The molecule has 0 radical (unpaired) electrons. The summed E-state index contributed by atoms with van der Waals surface area (Å²) in [5.74, 6) is 1.16. The third-order valence-electron chi connectivity index (χ3n) is 2.48. The van der Waals surface area contributed by atoms with Crippen molar-refractivity contribution >= 4 is 0 Å². The first kappa shape index (κ1) is 8.75. The molecule has 3 heteroatoms. The van der Waals surface area contributed by atoms with Crippen molar-refractivity contribution in [2.24, 2.45) is 5.73 Å². The van der Waals surface area contributed by atoms with E-state index in [1.165, 1.54) is 18.5 Å². The van der Waals surface area contributed by atoms with Gasteiger partial charge >= 0.3 is 0 Å². The van der Waals surface area contributed by atoms with Gasteiger partial charge in [-0.05, 0) is 26.7 Å². The molecule has 2 N–H and O–H groups in total. The van der Waals surface area contributed by atoms with E-state index in [0.29, 0.717) is 0 Å². The van der Waals surface area contributed by atoms with Crippen LogP contribution in [-0.4, -0.2) is 15.6 Å². The molecule has 0 aliphatic heterocycles. The fourth-order valence-corrected chi connectivity index (χ4v) is 1.77. The highest BCUT2D eigenvalue weighted by Gasteiger charge is 2.27. The minimum absolute atomic E-state index is 0.208. The SMILES string of the molecule is Cc1cnc(CC(C)N)n1C1CC1. The van der Waals surface area contributed by atoms with Crippen molar-refractivity contribution in [2.45, 2.75) is 45.2 Å². The molecule has 1 aliphatic carbocycles. The van der Waals surface area contributed by atoms with Crippen LogP contribution in [0.1, 0.15) is 37.3 Å². The average Bonchev–Trinajstić information content (AvgIpc) is 2.79. The number of hydrogen-bond donors (Lipinski definition) is 1. The van der Waals surface area contributed by atoms with E-state index < -0.39 is 0 Å². The Bertz CT molecular complexity index is 297. The van der Waals surface area contributed by atoms with Gasteiger partial charge in [0, 0.05) is 30.4 Å². The largest absolute Gasteiger partial charge is 0.329 e. The summed E-state index contributed by atoms with van der Waals surface area (Å²) in [5.41, 5.74) is 7.05. The molecule has 1 aromatic heterocycles. The standard InChI is InChI=1S/C10H17N3/c1-7(11)5-10-12-6-8(2)13(10)9-3-4-9/h6-7,9H,3-5,11H2,1-2H3. The summed E-state index contributed by atoms with van der Waals surface area (Å²) in [6, 6.07) is 0.926. The quantitative estimate of drug-likeness (QED) is 0.762. The van der Waals surface area contributed by atoms with E-state index in [9.17, 15) is 0 Å². The first-order valence-electron chi connectivity index (χ1n) is 4.96. The van der Waals surface area contributed by atoms with Crippen molar-refractivity contribution in [1.82, 2.24) is 9.55 Å². The average molecular weight is 179 g/mol. The van der Waals surface area contributed by atoms with Crippen LogP contribution in [0, 0.1) is 6.92 Å². The van der Waals surface area contributed by atoms with Crippen molar-refractivity contribution in [3.63, 3.8) is 0 Å². The summed E-state index contributed by atoms with van der Waals surface area (Å²) in [4.78, 5) is 4.40. The molecule has 0 bridgehead atoms. The Labute approximate surface area is 79.0 Å². The van der Waals surface area contributed by atoms with E-state index in [0.717, 1.165) is 18.3 Å². The molecule has 3 nitrogen and oxygen atoms in total. The second-order valence-electron chi connectivity index (χ2n) is 4.10. The van der Waals surface area contributed by atoms with Crippen LogP contribution in [0.3, 0.4) is 0 Å². The summed E-state index contributed by atoms with van der Waals surface area (Å²) in [6.45, 7) is 4.15. The predicted molar refractivity (Wildman–Crippen MR) is 52.6 cm³/mol. The lowest BCUT2D eigenvalue weighted by molar-refractivity contribution is 0.618. The lowest BCUT2D eigenvalue weighted by Crippen LogP contribution is -2.20. The molecule has 2 rings (SSSR count). The van der Waals surface area contributed by atoms with Crippen LogP contribution in [-0.2, 0) is 6.42 Å². The maximum Gasteiger partial charge on any atom is 0.110 e. The molecular formula is C10H17N3. The van der Waals surface area contributed by atoms with Crippen LogP contribution in [0.25, 0.3) is 0 Å². The zero-order valence-corrected chi connectivity index (χ0v) is 8.33. The van der Waals surface area contributed by atoms with Crippen LogP contribution < -0.4 is 5.73 Å². The van der Waals surface area contributed by atoms with Gasteiger partial charge in [0.05, 0.1) is 0 Å². The van der Waals surface area contributed by atoms with Crippen molar-refractivity contribution in [3.05, 3.63) is 17.7 Å². The number of aromatic nitrogens is 2. The summed E-state index contributed by atoms with van der Waals surface area (Å²) in [7, 11) is 0. The van der Waals surface area contributed by atoms with Gasteiger partial charge in [-0.2, -0.15) is 0 Å². The van der Waals surface area contributed by atoms with E-state index in [4.69, 9.17) is 5.73 Å². The Morgan fingerprint density at radius 1 is 1.69 bits per heavy atom. The molecule has 1 aliphatic rings. The minimum Gasteiger partial charge on any atom is -0.329 e. The van der Waals surface area contributed by atoms with E-state index in [1.807, 2.05) is 13.1 Å². The van der Waals surface area contributed by atoms with Crippen LogP contribution in [0.4, 0.5) is 0 Å². The van der Waals surface area contributed by atoms with Crippen molar-refractivity contribution in [1.29, 1.82) is 0 Å². The van der Waals surface area contributed by atoms with Gasteiger partial charge in [-0.15, -0.1) is 0 Å². The second kappa shape index (κ2) is 3.14. The zero-order valence-electron chi connectivity index (χ0n) is 8.33. The lowest BCUT2D eigenvalue weighted by atomic mass is 10.2. The molecule has 1 unspecified atom stereocenters. The Morgan fingerprint density at radius 3 is 2.92 bits per heavy atom. The van der Waals surface area contributed by atoms with Crippen molar-refractivity contribution in [2.75, 3.05) is 0 Å². The molecule has 1 heterocycles. The normalized spacial score (nSPS) is 19.0. The molecule has 1 atom stereocenters. The number of imidazole rings is 1. The van der Waals surface area contributed by atoms with E-state index >= 15 is 0 Å². The van der Waals surface area contributed by atoms with E-state index in [-0.39, 0.29) is 6.04 Å². The molecule has 1 saturated carbocycles. The molecule has 1 fully saturated rings. The molecule has 0 amide bonds.